The van der Waals surface area contributed by atoms with Crippen LogP contribution in [0.5, 0.6) is 0 Å². The lowest BCUT2D eigenvalue weighted by Crippen LogP contribution is -2.39. The molecular weight excluding hydrogens is 187 g/mol. The summed E-state index contributed by atoms with van der Waals surface area (Å²) in [5.74, 6) is -1.98. The first-order valence-corrected chi connectivity index (χ1v) is 3.70. The minimum absolute atomic E-state index is 0.0782. The van der Waals surface area contributed by atoms with Crippen LogP contribution in [0.4, 0.5) is 13.2 Å². The molecule has 0 bridgehead atoms. The molecule has 0 aliphatic rings. The molecule has 13 heavy (non-hydrogen) atoms. The first-order valence-electron chi connectivity index (χ1n) is 3.70. The summed E-state index contributed by atoms with van der Waals surface area (Å²) in [7, 11) is 0. The Morgan fingerprint density at radius 2 is 1.85 bits per heavy atom. The topological polar surface area (TPSA) is 49.3 Å². The van der Waals surface area contributed by atoms with Gasteiger partial charge in [0.25, 0.3) is 0 Å². The molecule has 0 spiro atoms. The molecule has 2 N–H and O–H groups in total. The van der Waals surface area contributed by atoms with Gasteiger partial charge in [-0.1, -0.05) is 0 Å². The number of carbonyl (C=O) groups is 1. The van der Waals surface area contributed by atoms with Crippen LogP contribution in [0.2, 0.25) is 0 Å². The Morgan fingerprint density at radius 1 is 1.38 bits per heavy atom. The average Bonchev–Trinajstić information content (AvgIpc) is 1.82. The zero-order chi connectivity index (χ0) is 10.7. The van der Waals surface area contributed by atoms with Crippen molar-refractivity contribution in [1.82, 2.24) is 5.32 Å². The fourth-order valence-electron chi connectivity index (χ4n) is 0.582. The lowest BCUT2D eigenvalue weighted by atomic mass is 10.1. The predicted octanol–water partition coefficient (Wildman–Crippen LogP) is 0.826. The molecule has 0 aromatic rings. The fraction of sp³-hybridized carbons (Fsp3) is 0.857. The molecule has 1 amide bonds. The van der Waals surface area contributed by atoms with E-state index in [0.29, 0.717) is 0 Å². The Morgan fingerprint density at radius 3 is 2.15 bits per heavy atom. The highest BCUT2D eigenvalue weighted by atomic mass is 19.4. The van der Waals surface area contributed by atoms with Crippen LogP contribution in [-0.2, 0) is 4.79 Å². The van der Waals surface area contributed by atoms with Gasteiger partial charge in [-0.15, -0.1) is 0 Å². The standard InChI is InChI=1S/C7H12F3NO2/c1-6(2,13)3-4-11-5(12)7(8,9)10/h13H,3-4H2,1-2H3,(H,11,12). The van der Waals surface area contributed by atoms with Gasteiger partial charge in [-0.2, -0.15) is 13.2 Å². The van der Waals surface area contributed by atoms with Gasteiger partial charge in [-0.25, -0.2) is 0 Å². The van der Waals surface area contributed by atoms with Crippen molar-refractivity contribution < 1.29 is 23.1 Å². The summed E-state index contributed by atoms with van der Waals surface area (Å²) in [4.78, 5) is 10.2. The van der Waals surface area contributed by atoms with Crippen LogP contribution in [-0.4, -0.2) is 29.3 Å². The number of rotatable bonds is 3. The Hall–Kier alpha value is -0.780. The van der Waals surface area contributed by atoms with Crippen molar-refractivity contribution in [3.8, 4) is 0 Å². The number of aliphatic hydroxyl groups is 1. The van der Waals surface area contributed by atoms with Crippen LogP contribution in [0.15, 0.2) is 0 Å². The van der Waals surface area contributed by atoms with E-state index in [1.807, 2.05) is 0 Å². The van der Waals surface area contributed by atoms with E-state index in [1.165, 1.54) is 13.8 Å². The Labute approximate surface area is 73.9 Å². The maximum absolute atomic E-state index is 11.6. The van der Waals surface area contributed by atoms with Gasteiger partial charge in [0.15, 0.2) is 0 Å². The summed E-state index contributed by atoms with van der Waals surface area (Å²) in [6, 6.07) is 0. The average molecular weight is 199 g/mol. The summed E-state index contributed by atoms with van der Waals surface area (Å²) in [5, 5.41) is 10.8. The molecule has 6 heteroatoms. The van der Waals surface area contributed by atoms with Gasteiger partial charge in [0.1, 0.15) is 0 Å². The largest absolute Gasteiger partial charge is 0.471 e. The summed E-state index contributed by atoms with van der Waals surface area (Å²) in [6.07, 6.45) is -4.77. The van der Waals surface area contributed by atoms with E-state index in [1.54, 1.807) is 5.32 Å². The van der Waals surface area contributed by atoms with Gasteiger partial charge in [-0.05, 0) is 20.3 Å². The van der Waals surface area contributed by atoms with Gasteiger partial charge in [0.05, 0.1) is 5.60 Å². The second-order valence-corrected chi connectivity index (χ2v) is 3.32. The van der Waals surface area contributed by atoms with Crippen molar-refractivity contribution in [1.29, 1.82) is 0 Å². The first kappa shape index (κ1) is 12.2. The van der Waals surface area contributed by atoms with Crippen LogP contribution in [0.3, 0.4) is 0 Å². The van der Waals surface area contributed by atoms with Crippen LogP contribution < -0.4 is 5.32 Å². The molecular formula is C7H12F3NO2. The van der Waals surface area contributed by atoms with Crippen LogP contribution in [0.1, 0.15) is 20.3 Å². The van der Waals surface area contributed by atoms with Crippen LogP contribution >= 0.6 is 0 Å². The lowest BCUT2D eigenvalue weighted by molar-refractivity contribution is -0.173. The molecule has 0 aliphatic carbocycles. The Kier molecular flexibility index (Phi) is 3.71. The van der Waals surface area contributed by atoms with E-state index in [-0.39, 0.29) is 13.0 Å². The quantitative estimate of drug-likeness (QED) is 0.707. The highest BCUT2D eigenvalue weighted by molar-refractivity contribution is 5.81. The molecule has 0 aliphatic heterocycles. The highest BCUT2D eigenvalue weighted by Gasteiger charge is 2.38. The molecule has 0 heterocycles. The van der Waals surface area contributed by atoms with Gasteiger partial charge in [-0.3, -0.25) is 4.79 Å². The van der Waals surface area contributed by atoms with E-state index >= 15 is 0 Å². The van der Waals surface area contributed by atoms with Crippen LogP contribution in [0.25, 0.3) is 0 Å². The maximum Gasteiger partial charge on any atom is 0.471 e. The SMILES string of the molecule is CC(C)(O)CCNC(=O)C(F)(F)F. The third kappa shape index (κ3) is 6.39. The van der Waals surface area contributed by atoms with E-state index in [2.05, 4.69) is 0 Å². The molecule has 78 valence electrons. The Bertz CT molecular complexity index is 183. The summed E-state index contributed by atoms with van der Waals surface area (Å²) in [6.45, 7) is 2.71. The molecule has 3 nitrogen and oxygen atoms in total. The molecule has 0 radical (unpaired) electrons. The van der Waals surface area contributed by atoms with E-state index in [9.17, 15) is 18.0 Å². The monoisotopic (exact) mass is 199 g/mol. The fourth-order valence-corrected chi connectivity index (χ4v) is 0.582. The van der Waals surface area contributed by atoms with Gasteiger partial charge in [0, 0.05) is 6.54 Å². The molecule has 0 unspecified atom stereocenters. The smallest absolute Gasteiger partial charge is 0.390 e. The van der Waals surface area contributed by atoms with E-state index in [0.717, 1.165) is 0 Å². The van der Waals surface area contributed by atoms with E-state index in [4.69, 9.17) is 5.11 Å². The number of nitrogens with one attached hydrogen (secondary N) is 1. The number of carbonyl (C=O) groups excluding carboxylic acids is 1. The normalized spacial score (nSPS) is 12.8. The van der Waals surface area contributed by atoms with Gasteiger partial charge in [0.2, 0.25) is 0 Å². The minimum atomic E-state index is -4.85. The number of hydrogen-bond donors (Lipinski definition) is 2. The number of alkyl halides is 3. The number of halogens is 3. The number of amides is 1. The molecule has 0 aromatic heterocycles. The van der Waals surface area contributed by atoms with Crippen molar-refractivity contribution in [2.24, 2.45) is 0 Å². The molecule has 0 fully saturated rings. The molecule has 0 saturated carbocycles. The third-order valence-electron chi connectivity index (χ3n) is 1.28. The second kappa shape index (κ2) is 3.95. The maximum atomic E-state index is 11.6. The van der Waals surface area contributed by atoms with Crippen molar-refractivity contribution in [3.05, 3.63) is 0 Å². The van der Waals surface area contributed by atoms with Crippen molar-refractivity contribution in [2.45, 2.75) is 32.0 Å². The first-order chi connectivity index (χ1) is 5.63. The third-order valence-corrected chi connectivity index (χ3v) is 1.28. The molecule has 0 aromatic carbocycles. The zero-order valence-electron chi connectivity index (χ0n) is 7.40. The summed E-state index contributed by atoms with van der Waals surface area (Å²) < 4.78 is 34.8. The van der Waals surface area contributed by atoms with Gasteiger partial charge >= 0.3 is 12.1 Å². The van der Waals surface area contributed by atoms with Crippen molar-refractivity contribution in [3.63, 3.8) is 0 Å². The highest BCUT2D eigenvalue weighted by Crippen LogP contribution is 2.14. The molecule has 0 rings (SSSR count). The molecule has 0 saturated heterocycles. The second-order valence-electron chi connectivity index (χ2n) is 3.32. The summed E-state index contributed by atoms with van der Waals surface area (Å²) in [5.41, 5.74) is -1.07. The molecule has 0 atom stereocenters. The van der Waals surface area contributed by atoms with Crippen molar-refractivity contribution in [2.75, 3.05) is 6.54 Å². The van der Waals surface area contributed by atoms with E-state index < -0.39 is 17.7 Å². The lowest BCUT2D eigenvalue weighted by Gasteiger charge is -2.17. The zero-order valence-corrected chi connectivity index (χ0v) is 7.40. The predicted molar refractivity (Wildman–Crippen MR) is 40.0 cm³/mol. The number of hydrogen-bond acceptors (Lipinski definition) is 2. The minimum Gasteiger partial charge on any atom is -0.390 e. The van der Waals surface area contributed by atoms with Crippen LogP contribution in [0, 0.1) is 0 Å². The van der Waals surface area contributed by atoms with Crippen molar-refractivity contribution >= 4 is 5.91 Å². The van der Waals surface area contributed by atoms with Gasteiger partial charge < -0.3 is 10.4 Å². The Balaban J connectivity index is 3.74. The summed E-state index contributed by atoms with van der Waals surface area (Å²) >= 11 is 0.